The average Bonchev–Trinajstić information content (AvgIpc) is 3.71. The zero-order valence-corrected chi connectivity index (χ0v) is 29.6. The zero-order valence-electron chi connectivity index (χ0n) is 28.6. The van der Waals surface area contributed by atoms with Crippen LogP contribution in [0.4, 0.5) is 0 Å². The lowest BCUT2D eigenvalue weighted by molar-refractivity contribution is -0.155. The number of benzene rings is 2. The van der Waals surface area contributed by atoms with E-state index in [0.717, 1.165) is 52.9 Å². The Bertz CT molecular complexity index is 1360. The zero-order chi connectivity index (χ0) is 32.4. The normalized spacial score (nSPS) is 19.8. The van der Waals surface area contributed by atoms with Gasteiger partial charge in [-0.25, -0.2) is 0 Å². The van der Waals surface area contributed by atoms with Crippen molar-refractivity contribution in [3.8, 4) is 0 Å². The number of rotatable bonds is 14. The second-order valence-corrected chi connectivity index (χ2v) is 19.9. The topological polar surface area (TPSA) is 72.6 Å². The van der Waals surface area contributed by atoms with Gasteiger partial charge in [-0.2, -0.15) is 0 Å². The van der Waals surface area contributed by atoms with E-state index in [9.17, 15) is 9.59 Å². The summed E-state index contributed by atoms with van der Waals surface area (Å²) >= 11 is 0. The van der Waals surface area contributed by atoms with E-state index in [1.807, 2.05) is 57.2 Å². The van der Waals surface area contributed by atoms with Gasteiger partial charge in [-0.1, -0.05) is 99.9 Å². The molecule has 2 aromatic carbocycles. The van der Waals surface area contributed by atoms with Crippen LogP contribution in [-0.4, -0.2) is 29.8 Å². The van der Waals surface area contributed by atoms with Crippen LogP contribution in [-0.2, 0) is 9.53 Å². The Hall–Kier alpha value is -2.70. The first-order chi connectivity index (χ1) is 21.3. The van der Waals surface area contributed by atoms with Crippen LogP contribution in [0.3, 0.4) is 0 Å². The summed E-state index contributed by atoms with van der Waals surface area (Å²) in [7, 11) is -3.12. The van der Waals surface area contributed by atoms with Gasteiger partial charge in [0, 0.05) is 17.4 Å². The van der Waals surface area contributed by atoms with Crippen LogP contribution in [0.1, 0.15) is 141 Å². The first kappa shape index (κ1) is 33.7. The van der Waals surface area contributed by atoms with Gasteiger partial charge in [-0.3, -0.25) is 4.79 Å². The van der Waals surface area contributed by atoms with Gasteiger partial charge in [0.1, 0.15) is 11.4 Å². The number of ether oxygens (including phenoxy) is 1. The van der Waals surface area contributed by atoms with Crippen LogP contribution in [0.15, 0.2) is 65.2 Å². The number of carbonyl (C=O) groups excluding carboxylic acids is 1. The van der Waals surface area contributed by atoms with E-state index < -0.39 is 13.9 Å². The Morgan fingerprint density at radius 1 is 0.956 bits per heavy atom. The summed E-state index contributed by atoms with van der Waals surface area (Å²) in [6.45, 7) is 14.8. The van der Waals surface area contributed by atoms with E-state index in [2.05, 4.69) is 52.0 Å². The van der Waals surface area contributed by atoms with Gasteiger partial charge in [-0.15, -0.1) is 0 Å². The van der Waals surface area contributed by atoms with Crippen molar-refractivity contribution in [3.63, 3.8) is 0 Å². The molecule has 1 aromatic heterocycles. The molecule has 3 aromatic rings. The van der Waals surface area contributed by atoms with Crippen LogP contribution in [0.5, 0.6) is 0 Å². The Labute approximate surface area is 272 Å². The molecule has 0 bridgehead atoms. The molecule has 2 fully saturated rings. The molecule has 0 spiro atoms. The molecule has 0 amide bonds. The maximum Gasteiger partial charge on any atom is 0.306 e. The Morgan fingerprint density at radius 2 is 1.53 bits per heavy atom. The standard InChI is InChI=1S/C39H55NO4Si/c1-27(2)23-28-24-31(25-28)37-35(29-20-21-29)36(40-44-37)30(26-34(41)43-38(3,4)5)15-14-22-39(6,7)45(42,32-16-10-8-11-17-32)33-18-12-9-13-19-33/h8-13,16-19,27-31,42H,14-15,20-26H2,1-7H3/t28?,30-,31?/m0/s1. The van der Waals surface area contributed by atoms with Crippen molar-refractivity contribution in [3.05, 3.63) is 77.7 Å². The Balaban J connectivity index is 1.39. The molecule has 5 nitrogen and oxygen atoms in total. The van der Waals surface area contributed by atoms with Crippen LogP contribution >= 0.6 is 0 Å². The van der Waals surface area contributed by atoms with Crippen molar-refractivity contribution in [1.82, 2.24) is 5.16 Å². The summed E-state index contributed by atoms with van der Waals surface area (Å²) in [5.41, 5.74) is 1.75. The van der Waals surface area contributed by atoms with Crippen LogP contribution in [0.25, 0.3) is 0 Å². The highest BCUT2D eigenvalue weighted by Gasteiger charge is 2.49. The van der Waals surface area contributed by atoms with Crippen molar-refractivity contribution in [2.24, 2.45) is 11.8 Å². The summed E-state index contributed by atoms with van der Waals surface area (Å²) in [6.07, 6.45) is 8.75. The lowest BCUT2D eigenvalue weighted by Gasteiger charge is -2.41. The molecular weight excluding hydrogens is 575 g/mol. The molecule has 5 rings (SSSR count). The smallest absolute Gasteiger partial charge is 0.306 e. The highest BCUT2D eigenvalue weighted by Crippen LogP contribution is 2.53. The van der Waals surface area contributed by atoms with Gasteiger partial charge < -0.3 is 14.1 Å². The van der Waals surface area contributed by atoms with Crippen LogP contribution < -0.4 is 10.4 Å². The van der Waals surface area contributed by atoms with E-state index in [-0.39, 0.29) is 16.9 Å². The van der Waals surface area contributed by atoms with Gasteiger partial charge in [0.25, 0.3) is 8.32 Å². The predicted molar refractivity (Wildman–Crippen MR) is 185 cm³/mol. The van der Waals surface area contributed by atoms with Crippen LogP contribution in [0.2, 0.25) is 5.04 Å². The summed E-state index contributed by atoms with van der Waals surface area (Å²) in [6, 6.07) is 20.4. The van der Waals surface area contributed by atoms with E-state index in [1.54, 1.807) is 0 Å². The van der Waals surface area contributed by atoms with Crippen molar-refractivity contribution in [1.29, 1.82) is 0 Å². The van der Waals surface area contributed by atoms with E-state index in [1.165, 1.54) is 37.7 Å². The lowest BCUT2D eigenvalue weighted by atomic mass is 9.69. The lowest BCUT2D eigenvalue weighted by Crippen LogP contribution is -2.65. The SMILES string of the molecule is CC(C)CC1CC(c2onc([C@@H](CCCC(C)(C)[Si](O)(c3ccccc3)c3ccccc3)CC(=O)OC(C)(C)C)c2C2CC2)C1. The fourth-order valence-corrected chi connectivity index (χ4v) is 11.5. The molecule has 1 atom stereocenters. The molecule has 0 aliphatic heterocycles. The van der Waals surface area contributed by atoms with Gasteiger partial charge >= 0.3 is 5.97 Å². The number of aromatic nitrogens is 1. The Kier molecular flexibility index (Phi) is 10.1. The van der Waals surface area contributed by atoms with Gasteiger partial charge in [0.2, 0.25) is 0 Å². The predicted octanol–water partition coefficient (Wildman–Crippen LogP) is 8.61. The molecule has 1 heterocycles. The maximum atomic E-state index is 13.3. The fraction of sp³-hybridized carbons (Fsp3) is 0.590. The number of hydrogen-bond donors (Lipinski definition) is 1. The minimum atomic E-state index is -3.12. The van der Waals surface area contributed by atoms with Crippen molar-refractivity contribution in [2.75, 3.05) is 0 Å². The monoisotopic (exact) mass is 629 g/mol. The first-order valence-electron chi connectivity index (χ1n) is 17.3. The highest BCUT2D eigenvalue weighted by atomic mass is 28.4. The molecule has 45 heavy (non-hydrogen) atoms. The van der Waals surface area contributed by atoms with Crippen molar-refractivity contribution < 1.29 is 18.9 Å². The maximum absolute atomic E-state index is 13.3. The number of hydrogen-bond acceptors (Lipinski definition) is 5. The second kappa shape index (κ2) is 13.6. The summed E-state index contributed by atoms with van der Waals surface area (Å²) < 4.78 is 12.0. The molecule has 0 unspecified atom stereocenters. The molecule has 1 N–H and O–H groups in total. The van der Waals surface area contributed by atoms with E-state index >= 15 is 0 Å². The number of esters is 1. The highest BCUT2D eigenvalue weighted by molar-refractivity contribution is 6.98. The molecule has 244 valence electrons. The molecular formula is C39H55NO4Si. The van der Waals surface area contributed by atoms with Crippen LogP contribution in [0, 0.1) is 11.8 Å². The van der Waals surface area contributed by atoms with Gasteiger partial charge in [0.15, 0.2) is 0 Å². The van der Waals surface area contributed by atoms with Crippen molar-refractivity contribution >= 4 is 24.7 Å². The molecule has 2 aliphatic carbocycles. The fourth-order valence-electron chi connectivity index (χ4n) is 7.70. The van der Waals surface area contributed by atoms with Gasteiger partial charge in [-0.05, 0) is 98.9 Å². The third-order valence-corrected chi connectivity index (χ3v) is 14.7. The average molecular weight is 630 g/mol. The summed E-state index contributed by atoms with van der Waals surface area (Å²) in [4.78, 5) is 25.9. The molecule has 6 heteroatoms. The minimum Gasteiger partial charge on any atom is -0.460 e. The quantitative estimate of drug-likeness (QED) is 0.143. The molecule has 2 aliphatic rings. The van der Waals surface area contributed by atoms with E-state index in [4.69, 9.17) is 14.4 Å². The molecule has 0 radical (unpaired) electrons. The summed E-state index contributed by atoms with van der Waals surface area (Å²) in [5.74, 6) is 3.28. The number of nitrogens with zero attached hydrogens (tertiary/aromatic N) is 1. The second-order valence-electron chi connectivity index (χ2n) is 16.0. The third-order valence-electron chi connectivity index (χ3n) is 10.1. The summed E-state index contributed by atoms with van der Waals surface area (Å²) in [5, 5.41) is 6.46. The largest absolute Gasteiger partial charge is 0.460 e. The minimum absolute atomic E-state index is 0.0708. The first-order valence-corrected chi connectivity index (χ1v) is 19.3. The van der Waals surface area contributed by atoms with Gasteiger partial charge in [0.05, 0.1) is 12.1 Å². The Morgan fingerprint density at radius 3 is 2.04 bits per heavy atom. The van der Waals surface area contributed by atoms with E-state index in [0.29, 0.717) is 18.3 Å². The number of carbonyl (C=O) groups is 1. The molecule has 2 saturated carbocycles. The van der Waals surface area contributed by atoms with Crippen molar-refractivity contribution in [2.45, 2.75) is 135 Å². The molecule has 0 saturated heterocycles. The third kappa shape index (κ3) is 7.82.